The highest BCUT2D eigenvalue weighted by molar-refractivity contribution is 5.76. The molecule has 0 bridgehead atoms. The molecule has 114 valence electrons. The molecule has 0 atom stereocenters. The van der Waals surface area contributed by atoms with E-state index in [1.807, 2.05) is 38.1 Å². The van der Waals surface area contributed by atoms with Crippen LogP contribution in [0.3, 0.4) is 0 Å². The lowest BCUT2D eigenvalue weighted by Crippen LogP contribution is -2.28. The van der Waals surface area contributed by atoms with Gasteiger partial charge in [-0.1, -0.05) is 31.1 Å². The van der Waals surface area contributed by atoms with E-state index in [0.29, 0.717) is 11.7 Å². The molecule has 0 radical (unpaired) electrons. The van der Waals surface area contributed by atoms with Crippen molar-refractivity contribution in [2.45, 2.75) is 32.9 Å². The summed E-state index contributed by atoms with van der Waals surface area (Å²) in [6.45, 7) is 4.18. The quantitative estimate of drug-likeness (QED) is 0.761. The summed E-state index contributed by atoms with van der Waals surface area (Å²) in [6.07, 6.45) is 0. The van der Waals surface area contributed by atoms with E-state index in [-0.39, 0.29) is 24.9 Å². The Bertz CT molecular complexity index is 758. The molecule has 0 aliphatic heterocycles. The van der Waals surface area contributed by atoms with E-state index in [0.717, 1.165) is 11.0 Å². The average molecular weight is 300 g/mol. The number of rotatable bonds is 5. The zero-order chi connectivity index (χ0) is 15.5. The van der Waals surface area contributed by atoms with Crippen molar-refractivity contribution in [3.8, 4) is 0 Å². The highest BCUT2D eigenvalue weighted by Crippen LogP contribution is 2.09. The van der Waals surface area contributed by atoms with Crippen LogP contribution in [0.2, 0.25) is 0 Å². The van der Waals surface area contributed by atoms with Crippen molar-refractivity contribution in [2.24, 2.45) is 0 Å². The van der Waals surface area contributed by atoms with E-state index in [2.05, 4.69) is 25.7 Å². The third-order valence-corrected chi connectivity index (χ3v) is 3.05. The molecule has 2 heterocycles. The van der Waals surface area contributed by atoms with Gasteiger partial charge < -0.3 is 9.84 Å². The van der Waals surface area contributed by atoms with Crippen LogP contribution in [0.25, 0.3) is 11.0 Å². The van der Waals surface area contributed by atoms with Crippen molar-refractivity contribution >= 4 is 16.9 Å². The van der Waals surface area contributed by atoms with E-state index in [9.17, 15) is 4.79 Å². The van der Waals surface area contributed by atoms with Crippen molar-refractivity contribution in [1.82, 2.24) is 30.5 Å². The number of fused-ring (bicyclic) bond motifs is 1. The van der Waals surface area contributed by atoms with Gasteiger partial charge in [0.05, 0.1) is 6.54 Å². The van der Waals surface area contributed by atoms with Crippen LogP contribution >= 0.6 is 0 Å². The fraction of sp³-hybridized carbons (Fsp3) is 0.357. The minimum atomic E-state index is -0.218. The first-order valence-electron chi connectivity index (χ1n) is 7.01. The fourth-order valence-electron chi connectivity index (χ4n) is 1.91. The Labute approximate surface area is 126 Å². The van der Waals surface area contributed by atoms with Gasteiger partial charge in [-0.05, 0) is 12.1 Å². The van der Waals surface area contributed by atoms with Crippen LogP contribution in [-0.4, -0.2) is 31.0 Å². The molecule has 3 aromatic rings. The summed E-state index contributed by atoms with van der Waals surface area (Å²) >= 11 is 0. The molecular weight excluding hydrogens is 284 g/mol. The maximum atomic E-state index is 11.9. The normalized spacial score (nSPS) is 11.2. The molecule has 0 spiro atoms. The summed E-state index contributed by atoms with van der Waals surface area (Å²) in [4.78, 5) is 17.5. The second-order valence-electron chi connectivity index (χ2n) is 5.20. The summed E-state index contributed by atoms with van der Waals surface area (Å²) in [5, 5.41) is 15.0. The number of carbonyl (C=O) groups excluding carboxylic acids is 1. The smallest absolute Gasteiger partial charge is 0.246 e. The predicted molar refractivity (Wildman–Crippen MR) is 77.8 cm³/mol. The van der Waals surface area contributed by atoms with Gasteiger partial charge in [-0.2, -0.15) is 20.0 Å². The Balaban J connectivity index is 1.57. The molecule has 2 aromatic heterocycles. The van der Waals surface area contributed by atoms with E-state index < -0.39 is 0 Å². The second kappa shape index (κ2) is 5.92. The molecule has 8 heteroatoms. The van der Waals surface area contributed by atoms with E-state index in [4.69, 9.17) is 4.52 Å². The molecule has 22 heavy (non-hydrogen) atoms. The molecule has 0 unspecified atom stereocenters. The Morgan fingerprint density at radius 3 is 2.55 bits per heavy atom. The lowest BCUT2D eigenvalue weighted by molar-refractivity contribution is -0.122. The van der Waals surface area contributed by atoms with Gasteiger partial charge in [-0.3, -0.25) is 4.79 Å². The standard InChI is InChI=1S/C14H16N6O2/c1-9(2)14-16-13(22-19-14)7-15-12(21)8-20-17-10-5-3-4-6-11(10)18-20/h3-6,9H,7-8H2,1-2H3,(H,15,21). The SMILES string of the molecule is CC(C)c1noc(CNC(=O)Cn2nc3ccccc3n2)n1. The molecule has 1 aromatic carbocycles. The van der Waals surface area contributed by atoms with Crippen LogP contribution in [0.4, 0.5) is 0 Å². The van der Waals surface area contributed by atoms with Crippen molar-refractivity contribution in [2.75, 3.05) is 0 Å². The molecule has 0 aliphatic rings. The van der Waals surface area contributed by atoms with Crippen molar-refractivity contribution in [3.05, 3.63) is 36.0 Å². The van der Waals surface area contributed by atoms with E-state index >= 15 is 0 Å². The lowest BCUT2D eigenvalue weighted by Gasteiger charge is -2.01. The maximum absolute atomic E-state index is 11.9. The molecule has 0 saturated carbocycles. The summed E-state index contributed by atoms with van der Waals surface area (Å²) in [5.74, 6) is 0.985. The molecule has 0 saturated heterocycles. The zero-order valence-electron chi connectivity index (χ0n) is 12.4. The van der Waals surface area contributed by atoms with Crippen LogP contribution < -0.4 is 5.32 Å². The number of hydrogen-bond donors (Lipinski definition) is 1. The van der Waals surface area contributed by atoms with Crippen molar-refractivity contribution < 1.29 is 9.32 Å². The highest BCUT2D eigenvalue weighted by atomic mass is 16.5. The topological polar surface area (TPSA) is 98.7 Å². The largest absolute Gasteiger partial charge is 0.345 e. The highest BCUT2D eigenvalue weighted by Gasteiger charge is 2.11. The first-order chi connectivity index (χ1) is 10.6. The second-order valence-corrected chi connectivity index (χ2v) is 5.20. The number of nitrogens with one attached hydrogen (secondary N) is 1. The Kier molecular flexibility index (Phi) is 3.82. The molecule has 1 N–H and O–H groups in total. The maximum Gasteiger partial charge on any atom is 0.246 e. The minimum Gasteiger partial charge on any atom is -0.345 e. The van der Waals surface area contributed by atoms with Crippen LogP contribution in [0.15, 0.2) is 28.8 Å². The summed E-state index contributed by atoms with van der Waals surface area (Å²) in [7, 11) is 0. The fourth-order valence-corrected chi connectivity index (χ4v) is 1.91. The molecule has 1 amide bonds. The first kappa shape index (κ1) is 14.2. The van der Waals surface area contributed by atoms with Gasteiger partial charge in [0.2, 0.25) is 11.8 Å². The van der Waals surface area contributed by atoms with Gasteiger partial charge in [0, 0.05) is 5.92 Å². The Morgan fingerprint density at radius 1 is 1.27 bits per heavy atom. The third-order valence-electron chi connectivity index (χ3n) is 3.05. The van der Waals surface area contributed by atoms with Crippen LogP contribution in [-0.2, 0) is 17.9 Å². The van der Waals surface area contributed by atoms with Gasteiger partial charge >= 0.3 is 0 Å². The van der Waals surface area contributed by atoms with Crippen LogP contribution in [0.1, 0.15) is 31.5 Å². The van der Waals surface area contributed by atoms with E-state index in [1.165, 1.54) is 4.80 Å². The molecule has 0 aliphatic carbocycles. The van der Waals surface area contributed by atoms with Gasteiger partial charge in [0.1, 0.15) is 17.6 Å². The van der Waals surface area contributed by atoms with Gasteiger partial charge in [-0.25, -0.2) is 0 Å². The average Bonchev–Trinajstić information content (AvgIpc) is 3.11. The zero-order valence-corrected chi connectivity index (χ0v) is 12.4. The van der Waals surface area contributed by atoms with Gasteiger partial charge in [0.15, 0.2) is 5.82 Å². The van der Waals surface area contributed by atoms with Crippen LogP contribution in [0, 0.1) is 0 Å². The molecule has 8 nitrogen and oxygen atoms in total. The number of amides is 1. The van der Waals surface area contributed by atoms with Crippen molar-refractivity contribution in [3.63, 3.8) is 0 Å². The summed E-state index contributed by atoms with van der Waals surface area (Å²) < 4.78 is 5.06. The van der Waals surface area contributed by atoms with Gasteiger partial charge in [-0.15, -0.1) is 0 Å². The predicted octanol–water partition coefficient (Wildman–Crippen LogP) is 1.25. The van der Waals surface area contributed by atoms with E-state index in [1.54, 1.807) is 0 Å². The van der Waals surface area contributed by atoms with Gasteiger partial charge in [0.25, 0.3) is 0 Å². The monoisotopic (exact) mass is 300 g/mol. The number of benzene rings is 1. The third kappa shape index (κ3) is 3.11. The number of aromatic nitrogens is 5. The summed E-state index contributed by atoms with van der Waals surface area (Å²) in [5.41, 5.74) is 1.52. The van der Waals surface area contributed by atoms with Crippen molar-refractivity contribution in [1.29, 1.82) is 0 Å². The Hall–Kier alpha value is -2.77. The first-order valence-corrected chi connectivity index (χ1v) is 7.01. The summed E-state index contributed by atoms with van der Waals surface area (Å²) in [6, 6.07) is 7.46. The molecule has 3 rings (SSSR count). The lowest BCUT2D eigenvalue weighted by atomic mass is 10.2. The number of nitrogens with zero attached hydrogens (tertiary/aromatic N) is 5. The molecular formula is C14H16N6O2. The molecule has 0 fully saturated rings. The minimum absolute atomic E-state index is 0.0415. The number of hydrogen-bond acceptors (Lipinski definition) is 6. The van der Waals surface area contributed by atoms with Crippen LogP contribution in [0.5, 0.6) is 0 Å². The Morgan fingerprint density at radius 2 is 1.95 bits per heavy atom. The number of carbonyl (C=O) groups is 1.